The van der Waals surface area contributed by atoms with Gasteiger partial charge in [0.1, 0.15) is 11.4 Å². The summed E-state index contributed by atoms with van der Waals surface area (Å²) < 4.78 is 34.6. The van der Waals surface area contributed by atoms with Crippen LogP contribution in [0.2, 0.25) is 0 Å². The van der Waals surface area contributed by atoms with Gasteiger partial charge in [-0.1, -0.05) is 24.2 Å². The normalized spacial score (nSPS) is 16.0. The summed E-state index contributed by atoms with van der Waals surface area (Å²) in [7, 11) is -3.61. The molecule has 3 aromatic rings. The fourth-order valence-electron chi connectivity index (χ4n) is 3.91. The summed E-state index contributed by atoms with van der Waals surface area (Å²) in [5.41, 5.74) is 2.52. The predicted octanol–water partition coefficient (Wildman–Crippen LogP) is 3.23. The standard InChI is InChI=1S/C22H26N4O4S/c1-14-9-11-25(12-10-14)31(28,29)20-13-18(6-5-15(20)2)19-7-8-21(27)26(23-19)22-16(3)24-30-17(22)4/h5-8,13-14H,9-12H2,1-4H3. The second-order valence-corrected chi connectivity index (χ2v) is 10.1. The van der Waals surface area contributed by atoms with Gasteiger partial charge in [-0.2, -0.15) is 14.1 Å². The van der Waals surface area contributed by atoms with Gasteiger partial charge in [-0.05, 0) is 57.2 Å². The number of aromatic nitrogens is 3. The molecule has 0 N–H and O–H groups in total. The SMILES string of the molecule is Cc1ccc(-c2ccc(=O)n(-c3c(C)noc3C)n2)cc1S(=O)(=O)N1CCC(C)CC1. The number of sulfonamides is 1. The third kappa shape index (κ3) is 3.95. The van der Waals surface area contributed by atoms with E-state index < -0.39 is 10.0 Å². The summed E-state index contributed by atoms with van der Waals surface area (Å²) in [6.45, 7) is 8.45. The first kappa shape index (κ1) is 21.5. The number of benzene rings is 1. The van der Waals surface area contributed by atoms with Crippen molar-refractivity contribution in [2.75, 3.05) is 13.1 Å². The fraction of sp³-hybridized carbons (Fsp3) is 0.409. The summed E-state index contributed by atoms with van der Waals surface area (Å²) >= 11 is 0. The zero-order chi connectivity index (χ0) is 22.3. The molecule has 2 aromatic heterocycles. The summed E-state index contributed by atoms with van der Waals surface area (Å²) in [4.78, 5) is 12.7. The van der Waals surface area contributed by atoms with Crippen LogP contribution in [-0.4, -0.2) is 40.7 Å². The molecule has 31 heavy (non-hydrogen) atoms. The van der Waals surface area contributed by atoms with Crippen LogP contribution < -0.4 is 5.56 Å². The third-order valence-corrected chi connectivity index (χ3v) is 7.89. The Morgan fingerprint density at radius 2 is 1.77 bits per heavy atom. The van der Waals surface area contributed by atoms with E-state index in [1.54, 1.807) is 43.3 Å². The molecule has 1 aliphatic heterocycles. The molecule has 164 valence electrons. The Balaban J connectivity index is 1.77. The lowest BCUT2D eigenvalue weighted by Gasteiger charge is -2.30. The lowest BCUT2D eigenvalue weighted by molar-refractivity contribution is 0.288. The molecule has 0 aliphatic carbocycles. The first-order valence-electron chi connectivity index (χ1n) is 10.3. The second-order valence-electron chi connectivity index (χ2n) is 8.21. The van der Waals surface area contributed by atoms with Crippen LogP contribution in [0.4, 0.5) is 0 Å². The van der Waals surface area contributed by atoms with Gasteiger partial charge in [0.05, 0.1) is 10.6 Å². The Morgan fingerprint density at radius 1 is 1.06 bits per heavy atom. The predicted molar refractivity (Wildman–Crippen MR) is 117 cm³/mol. The number of rotatable bonds is 4. The lowest BCUT2D eigenvalue weighted by atomic mass is 10.0. The monoisotopic (exact) mass is 442 g/mol. The molecule has 3 heterocycles. The van der Waals surface area contributed by atoms with Crippen LogP contribution >= 0.6 is 0 Å². The largest absolute Gasteiger partial charge is 0.359 e. The quantitative estimate of drug-likeness (QED) is 0.615. The number of piperidine rings is 1. The van der Waals surface area contributed by atoms with E-state index in [0.717, 1.165) is 12.8 Å². The van der Waals surface area contributed by atoms with Crippen LogP contribution in [-0.2, 0) is 10.0 Å². The van der Waals surface area contributed by atoms with Gasteiger partial charge in [0.25, 0.3) is 5.56 Å². The van der Waals surface area contributed by atoms with E-state index in [0.29, 0.717) is 53.0 Å². The minimum absolute atomic E-state index is 0.274. The molecule has 1 saturated heterocycles. The van der Waals surface area contributed by atoms with Crippen LogP contribution in [0.5, 0.6) is 0 Å². The van der Waals surface area contributed by atoms with Crippen molar-refractivity contribution in [1.82, 2.24) is 19.2 Å². The number of hydrogen-bond acceptors (Lipinski definition) is 6. The average Bonchev–Trinajstić information content (AvgIpc) is 3.07. The van der Waals surface area contributed by atoms with Crippen molar-refractivity contribution in [3.63, 3.8) is 0 Å². The van der Waals surface area contributed by atoms with Crippen molar-refractivity contribution >= 4 is 10.0 Å². The van der Waals surface area contributed by atoms with Crippen LogP contribution in [0, 0.1) is 26.7 Å². The number of hydrogen-bond donors (Lipinski definition) is 0. The van der Waals surface area contributed by atoms with Crippen molar-refractivity contribution in [3.05, 3.63) is 57.7 Å². The van der Waals surface area contributed by atoms with Crippen LogP contribution in [0.15, 0.2) is 44.5 Å². The van der Waals surface area contributed by atoms with E-state index in [-0.39, 0.29) is 10.5 Å². The average molecular weight is 443 g/mol. The van der Waals surface area contributed by atoms with Gasteiger partial charge >= 0.3 is 0 Å². The molecule has 4 rings (SSSR count). The van der Waals surface area contributed by atoms with Crippen LogP contribution in [0.3, 0.4) is 0 Å². The zero-order valence-electron chi connectivity index (χ0n) is 18.1. The van der Waals surface area contributed by atoms with E-state index in [2.05, 4.69) is 17.2 Å². The van der Waals surface area contributed by atoms with E-state index in [1.807, 2.05) is 6.07 Å². The summed E-state index contributed by atoms with van der Waals surface area (Å²) in [6, 6.07) is 8.25. The minimum atomic E-state index is -3.61. The summed E-state index contributed by atoms with van der Waals surface area (Å²) in [5, 5.41) is 8.37. The zero-order valence-corrected chi connectivity index (χ0v) is 18.9. The second kappa shape index (κ2) is 8.05. The first-order chi connectivity index (χ1) is 14.7. The molecule has 0 bridgehead atoms. The third-order valence-electron chi connectivity index (χ3n) is 5.85. The Bertz CT molecular complexity index is 1270. The maximum absolute atomic E-state index is 13.3. The molecule has 9 heteroatoms. The Hall–Kier alpha value is -2.78. The van der Waals surface area contributed by atoms with Gasteiger partial charge in [0.2, 0.25) is 10.0 Å². The van der Waals surface area contributed by atoms with Gasteiger partial charge in [-0.3, -0.25) is 4.79 Å². The van der Waals surface area contributed by atoms with Gasteiger partial charge < -0.3 is 4.52 Å². The molecule has 0 radical (unpaired) electrons. The van der Waals surface area contributed by atoms with Gasteiger partial charge in [0, 0.05) is 24.7 Å². The molecule has 1 aliphatic rings. The number of aryl methyl sites for hydroxylation is 3. The Kier molecular flexibility index (Phi) is 5.57. The molecule has 0 saturated carbocycles. The Labute approximate surface area is 181 Å². The highest BCUT2D eigenvalue weighted by Gasteiger charge is 2.29. The molecular formula is C22H26N4O4S. The smallest absolute Gasteiger partial charge is 0.271 e. The maximum Gasteiger partial charge on any atom is 0.271 e. The van der Waals surface area contributed by atoms with Crippen LogP contribution in [0.25, 0.3) is 16.9 Å². The Morgan fingerprint density at radius 3 is 2.42 bits per heavy atom. The fourth-order valence-corrected chi connectivity index (χ4v) is 5.63. The molecule has 0 spiro atoms. The summed E-state index contributed by atoms with van der Waals surface area (Å²) in [6.07, 6.45) is 1.73. The van der Waals surface area contributed by atoms with E-state index in [1.165, 1.54) is 10.7 Å². The highest BCUT2D eigenvalue weighted by atomic mass is 32.2. The molecule has 0 amide bonds. The molecule has 0 atom stereocenters. The van der Waals surface area contributed by atoms with Crippen molar-refractivity contribution in [2.45, 2.75) is 45.4 Å². The van der Waals surface area contributed by atoms with E-state index in [4.69, 9.17) is 4.52 Å². The van der Waals surface area contributed by atoms with Gasteiger partial charge in [0.15, 0.2) is 5.76 Å². The number of nitrogens with zero attached hydrogens (tertiary/aromatic N) is 4. The van der Waals surface area contributed by atoms with Gasteiger partial charge in [-0.15, -0.1) is 0 Å². The highest BCUT2D eigenvalue weighted by Crippen LogP contribution is 2.29. The van der Waals surface area contributed by atoms with Crippen molar-refractivity contribution < 1.29 is 12.9 Å². The molecule has 8 nitrogen and oxygen atoms in total. The van der Waals surface area contributed by atoms with Crippen molar-refractivity contribution in [1.29, 1.82) is 0 Å². The van der Waals surface area contributed by atoms with E-state index in [9.17, 15) is 13.2 Å². The van der Waals surface area contributed by atoms with Crippen molar-refractivity contribution in [2.24, 2.45) is 5.92 Å². The maximum atomic E-state index is 13.3. The highest BCUT2D eigenvalue weighted by molar-refractivity contribution is 7.89. The van der Waals surface area contributed by atoms with Crippen LogP contribution in [0.1, 0.15) is 36.8 Å². The van der Waals surface area contributed by atoms with Gasteiger partial charge in [-0.25, -0.2) is 8.42 Å². The molecule has 0 unspecified atom stereocenters. The summed E-state index contributed by atoms with van der Waals surface area (Å²) in [5.74, 6) is 1.02. The molecular weight excluding hydrogens is 416 g/mol. The minimum Gasteiger partial charge on any atom is -0.359 e. The van der Waals surface area contributed by atoms with E-state index >= 15 is 0 Å². The first-order valence-corrected chi connectivity index (χ1v) is 11.8. The molecule has 1 aromatic carbocycles. The van der Waals surface area contributed by atoms with Crippen molar-refractivity contribution in [3.8, 4) is 16.9 Å². The lowest BCUT2D eigenvalue weighted by Crippen LogP contribution is -2.38. The molecule has 1 fully saturated rings. The topological polar surface area (TPSA) is 98.3 Å².